The van der Waals surface area contributed by atoms with E-state index in [0.29, 0.717) is 6.54 Å². The Morgan fingerprint density at radius 1 is 1.00 bits per heavy atom. The second-order valence-corrected chi connectivity index (χ2v) is 9.49. The van der Waals surface area contributed by atoms with Crippen LogP contribution in [0.4, 0.5) is 5.69 Å². The summed E-state index contributed by atoms with van der Waals surface area (Å²) in [4.78, 5) is 8.20. The summed E-state index contributed by atoms with van der Waals surface area (Å²) in [5.74, 6) is 0. The van der Waals surface area contributed by atoms with Gasteiger partial charge in [-0.1, -0.05) is 18.2 Å². The predicted molar refractivity (Wildman–Crippen MR) is 123 cm³/mol. The van der Waals surface area contributed by atoms with Crippen LogP contribution >= 0.6 is 0 Å². The largest absolute Gasteiger partial charge is 0.368 e. The molecule has 0 aliphatic carbocycles. The van der Waals surface area contributed by atoms with Crippen molar-refractivity contribution in [1.82, 2.24) is 14.6 Å². The lowest BCUT2D eigenvalue weighted by Crippen LogP contribution is -2.46. The van der Waals surface area contributed by atoms with Gasteiger partial charge in [0, 0.05) is 55.5 Å². The van der Waals surface area contributed by atoms with Gasteiger partial charge in [0.1, 0.15) is 6.07 Å². The van der Waals surface area contributed by atoms with Crippen LogP contribution in [-0.4, -0.2) is 57.6 Å². The number of sulfonamides is 1. The number of hydrogen-bond acceptors (Lipinski definition) is 5. The monoisotopic (exact) mass is 437 g/mol. The molecule has 7 nitrogen and oxygen atoms in total. The van der Waals surface area contributed by atoms with Gasteiger partial charge in [-0.05, 0) is 49.7 Å². The molecule has 0 amide bonds. The Bertz CT molecular complexity index is 1170. The quantitative estimate of drug-likeness (QED) is 0.529. The Kier molecular flexibility index (Phi) is 6.56. The van der Waals surface area contributed by atoms with Gasteiger partial charge in [0.05, 0.1) is 10.5 Å². The van der Waals surface area contributed by atoms with Gasteiger partial charge in [-0.3, -0.25) is 4.90 Å². The molecule has 1 aliphatic rings. The van der Waals surface area contributed by atoms with E-state index < -0.39 is 10.0 Å². The summed E-state index contributed by atoms with van der Waals surface area (Å²) in [5.41, 5.74) is 2.62. The van der Waals surface area contributed by atoms with Crippen LogP contribution in [0.15, 0.2) is 59.6 Å². The Labute approximate surface area is 183 Å². The lowest BCUT2D eigenvalue weighted by Gasteiger charge is -2.36. The molecule has 1 aliphatic heterocycles. The molecular weight excluding hydrogens is 410 g/mol. The Hall–Kier alpha value is -2.86. The minimum absolute atomic E-state index is 0.0473. The summed E-state index contributed by atoms with van der Waals surface area (Å²) in [6, 6.07) is 16.7. The van der Waals surface area contributed by atoms with Gasteiger partial charge in [-0.2, -0.15) is 5.26 Å². The molecule has 0 spiro atoms. The second-order valence-electron chi connectivity index (χ2n) is 7.76. The highest BCUT2D eigenvalue weighted by Gasteiger charge is 2.19. The summed E-state index contributed by atoms with van der Waals surface area (Å²) >= 11 is 0. The summed E-state index contributed by atoms with van der Waals surface area (Å²) in [6.45, 7) is 5.31. The lowest BCUT2D eigenvalue weighted by atomic mass is 10.1. The number of rotatable bonds is 8. The number of fused-ring (bicyclic) bond motifs is 1. The topological polar surface area (TPSA) is 92.2 Å². The zero-order valence-electron chi connectivity index (χ0n) is 17.4. The lowest BCUT2D eigenvalue weighted by molar-refractivity contribution is 0.253. The van der Waals surface area contributed by atoms with Crippen molar-refractivity contribution in [3.63, 3.8) is 0 Å². The van der Waals surface area contributed by atoms with Gasteiger partial charge in [-0.25, -0.2) is 13.1 Å². The summed E-state index contributed by atoms with van der Waals surface area (Å²) in [5, 5.41) is 10.4. The molecule has 3 aromatic rings. The average Bonchev–Trinajstić information content (AvgIpc) is 3.28. The van der Waals surface area contributed by atoms with Crippen LogP contribution in [0, 0.1) is 11.3 Å². The van der Waals surface area contributed by atoms with Crippen molar-refractivity contribution in [2.24, 2.45) is 0 Å². The third-order valence-electron chi connectivity index (χ3n) is 5.78. The van der Waals surface area contributed by atoms with Gasteiger partial charge in [0.2, 0.25) is 10.0 Å². The van der Waals surface area contributed by atoms with Gasteiger partial charge < -0.3 is 9.88 Å². The highest BCUT2D eigenvalue weighted by molar-refractivity contribution is 7.89. The number of aromatic amines is 1. The molecule has 1 fully saturated rings. The molecule has 2 heterocycles. The van der Waals surface area contributed by atoms with E-state index >= 15 is 0 Å². The maximum Gasteiger partial charge on any atom is 0.241 e. The maximum atomic E-state index is 12.4. The molecule has 4 rings (SSSR count). The molecule has 31 heavy (non-hydrogen) atoms. The summed E-state index contributed by atoms with van der Waals surface area (Å²) in [7, 11) is -3.65. The molecule has 1 aromatic heterocycles. The molecule has 0 bridgehead atoms. The molecule has 0 saturated carbocycles. The maximum absolute atomic E-state index is 12.4. The molecule has 1 saturated heterocycles. The zero-order valence-corrected chi connectivity index (χ0v) is 18.2. The van der Waals surface area contributed by atoms with E-state index in [9.17, 15) is 8.42 Å². The van der Waals surface area contributed by atoms with Crippen molar-refractivity contribution >= 4 is 26.6 Å². The number of nitrogens with zero attached hydrogens (tertiary/aromatic N) is 3. The van der Waals surface area contributed by atoms with Gasteiger partial charge >= 0.3 is 0 Å². The normalized spacial score (nSPS) is 15.3. The van der Waals surface area contributed by atoms with Crippen LogP contribution in [0.5, 0.6) is 0 Å². The van der Waals surface area contributed by atoms with Crippen molar-refractivity contribution in [1.29, 1.82) is 5.26 Å². The van der Waals surface area contributed by atoms with Crippen LogP contribution < -0.4 is 9.62 Å². The minimum atomic E-state index is -3.65. The van der Waals surface area contributed by atoms with E-state index in [4.69, 9.17) is 5.26 Å². The third kappa shape index (κ3) is 4.90. The number of nitrogens with one attached hydrogen (secondary N) is 2. The van der Waals surface area contributed by atoms with Crippen molar-refractivity contribution in [2.45, 2.75) is 17.7 Å². The number of anilines is 1. The number of piperazine rings is 1. The number of aromatic nitrogens is 1. The smallest absolute Gasteiger partial charge is 0.241 e. The fourth-order valence-corrected chi connectivity index (χ4v) is 5.32. The third-order valence-corrected chi connectivity index (χ3v) is 7.29. The zero-order chi connectivity index (χ0) is 21.7. The Morgan fingerprint density at radius 3 is 2.61 bits per heavy atom. The number of hydrogen-bond donors (Lipinski definition) is 2. The predicted octanol–water partition coefficient (Wildman–Crippen LogP) is 2.92. The first-order valence-corrected chi connectivity index (χ1v) is 12.1. The Morgan fingerprint density at radius 2 is 1.81 bits per heavy atom. The molecule has 2 aromatic carbocycles. The van der Waals surface area contributed by atoms with Crippen LogP contribution in [0.25, 0.3) is 10.9 Å². The van der Waals surface area contributed by atoms with Crippen molar-refractivity contribution < 1.29 is 8.42 Å². The first kappa shape index (κ1) is 21.4. The van der Waals surface area contributed by atoms with Gasteiger partial charge in [-0.15, -0.1) is 0 Å². The standard InChI is InChI=1S/C23H27N5O2S/c24-18-19-6-1-2-9-23(19)31(29,30)26-11-3-4-13-27-14-16-28(17-15-27)22-8-5-7-21-20(22)10-12-25-21/h1-2,5-10,12,25-26H,3-4,11,13-17H2. The molecule has 0 radical (unpaired) electrons. The first-order valence-electron chi connectivity index (χ1n) is 10.6. The summed E-state index contributed by atoms with van der Waals surface area (Å²) in [6.07, 6.45) is 3.67. The van der Waals surface area contributed by atoms with E-state index in [2.05, 4.69) is 43.8 Å². The fourth-order valence-electron chi connectivity index (χ4n) is 4.09. The highest BCUT2D eigenvalue weighted by atomic mass is 32.2. The highest BCUT2D eigenvalue weighted by Crippen LogP contribution is 2.27. The van der Waals surface area contributed by atoms with Crippen LogP contribution in [0.1, 0.15) is 18.4 Å². The van der Waals surface area contributed by atoms with E-state index in [-0.39, 0.29) is 10.5 Å². The molecule has 0 unspecified atom stereocenters. The van der Waals surface area contributed by atoms with Crippen LogP contribution in [0.2, 0.25) is 0 Å². The van der Waals surface area contributed by atoms with Crippen molar-refractivity contribution in [3.05, 3.63) is 60.3 Å². The number of benzene rings is 2. The van der Waals surface area contributed by atoms with E-state index in [1.807, 2.05) is 12.3 Å². The molecule has 162 valence electrons. The SMILES string of the molecule is N#Cc1ccccc1S(=O)(=O)NCCCCN1CCN(c2cccc3[nH]ccc23)CC1. The fraction of sp³-hybridized carbons (Fsp3) is 0.348. The van der Waals surface area contributed by atoms with Crippen molar-refractivity contribution in [2.75, 3.05) is 44.2 Å². The van der Waals surface area contributed by atoms with Gasteiger partial charge in [0.25, 0.3) is 0 Å². The first-order chi connectivity index (χ1) is 15.1. The van der Waals surface area contributed by atoms with E-state index in [1.54, 1.807) is 12.1 Å². The number of nitriles is 1. The minimum Gasteiger partial charge on any atom is -0.368 e. The average molecular weight is 438 g/mol. The number of unbranched alkanes of at least 4 members (excludes halogenated alkanes) is 1. The van der Waals surface area contributed by atoms with E-state index in [0.717, 1.165) is 45.6 Å². The van der Waals surface area contributed by atoms with E-state index in [1.165, 1.54) is 28.7 Å². The van der Waals surface area contributed by atoms with Crippen LogP contribution in [-0.2, 0) is 10.0 Å². The molecule has 8 heteroatoms. The van der Waals surface area contributed by atoms with Crippen LogP contribution in [0.3, 0.4) is 0 Å². The summed E-state index contributed by atoms with van der Waals surface area (Å²) < 4.78 is 27.5. The Balaban J connectivity index is 1.20. The number of H-pyrrole nitrogens is 1. The van der Waals surface area contributed by atoms with Crippen molar-refractivity contribution in [3.8, 4) is 6.07 Å². The molecule has 2 N–H and O–H groups in total. The molecule has 0 atom stereocenters. The second kappa shape index (κ2) is 9.52. The molecular formula is C23H27N5O2S. The van der Waals surface area contributed by atoms with Gasteiger partial charge in [0.15, 0.2) is 0 Å².